The number of carboxylic acid groups (broad SMARTS) is 1. The molecule has 1 aliphatic heterocycles. The van der Waals surface area contributed by atoms with Gasteiger partial charge in [0, 0.05) is 57.4 Å². The van der Waals surface area contributed by atoms with Crippen molar-refractivity contribution < 1.29 is 60.0 Å². The molecule has 0 bridgehead atoms. The average Bonchev–Trinajstić information content (AvgIpc) is 3.84. The Balaban J connectivity index is 1.58. The Morgan fingerprint density at radius 2 is 1.34 bits per heavy atom. The molecule has 2 heterocycles. The molecule has 0 aliphatic carbocycles. The van der Waals surface area contributed by atoms with Crippen molar-refractivity contribution in [3.8, 4) is 28.6 Å². The van der Waals surface area contributed by atoms with Crippen LogP contribution in [-0.4, -0.2) is 144 Å². The van der Waals surface area contributed by atoms with E-state index in [1.54, 1.807) is 106 Å². The number of carbonyl (C=O) groups excluding carboxylic acids is 1. The molecule has 0 radical (unpaired) electrons. The van der Waals surface area contributed by atoms with E-state index in [1.807, 2.05) is 33.9 Å². The molecule has 4 aromatic carbocycles. The van der Waals surface area contributed by atoms with Crippen molar-refractivity contribution in [3.05, 3.63) is 102 Å². The highest BCUT2D eigenvalue weighted by molar-refractivity contribution is 7.92. The monoisotopic (exact) mass is 1120 g/mol. The summed E-state index contributed by atoms with van der Waals surface area (Å²) in [7, 11) is -8.07. The van der Waals surface area contributed by atoms with Gasteiger partial charge in [0.15, 0.2) is 8.32 Å². The first-order chi connectivity index (χ1) is 36.1. The molecule has 0 unspecified atom stereocenters. The van der Waals surface area contributed by atoms with Crippen LogP contribution in [0.5, 0.6) is 17.2 Å². The summed E-state index contributed by atoms with van der Waals surface area (Å²) >= 11 is 0. The fourth-order valence-corrected chi connectivity index (χ4v) is 13.1. The highest BCUT2D eigenvalue weighted by Crippen LogP contribution is 2.43. The molecule has 1 aliphatic rings. The van der Waals surface area contributed by atoms with Crippen LogP contribution in [0.1, 0.15) is 64.7 Å². The van der Waals surface area contributed by atoms with Crippen LogP contribution in [0, 0.1) is 5.92 Å². The van der Waals surface area contributed by atoms with Crippen molar-refractivity contribution in [3.63, 3.8) is 0 Å². The van der Waals surface area contributed by atoms with E-state index >= 15 is 16.8 Å². The third kappa shape index (κ3) is 15.9. The normalized spacial score (nSPS) is 15.9. The number of methoxy groups -OCH3 is 3. The smallest absolute Gasteiger partial charge is 0.407 e. The number of hydrogen-bond donors (Lipinski definition) is 5. The summed E-state index contributed by atoms with van der Waals surface area (Å²) in [6.07, 6.45) is -3.81. The summed E-state index contributed by atoms with van der Waals surface area (Å²) in [6, 6.07) is 23.3. The lowest BCUT2D eigenvalue weighted by molar-refractivity contribution is 0.0498. The highest BCUT2D eigenvalue weighted by atomic mass is 32.2. The number of sulfonamides is 2. The molecule has 5 N–H and O–H groups in total. The van der Waals surface area contributed by atoms with Crippen molar-refractivity contribution in [2.24, 2.45) is 5.92 Å². The largest absolute Gasteiger partial charge is 0.497 e. The summed E-state index contributed by atoms with van der Waals surface area (Å²) in [5.74, 6) is 0.916. The van der Waals surface area contributed by atoms with Crippen LogP contribution in [0.2, 0.25) is 18.1 Å². The van der Waals surface area contributed by atoms with Gasteiger partial charge in [-0.3, -0.25) is 0 Å². The van der Waals surface area contributed by atoms with E-state index in [0.717, 1.165) is 9.87 Å². The molecule has 25 heteroatoms. The summed E-state index contributed by atoms with van der Waals surface area (Å²) in [5, 5.41) is 39.1. The van der Waals surface area contributed by atoms with Crippen molar-refractivity contribution in [2.45, 2.75) is 113 Å². The number of benzene rings is 4. The lowest BCUT2D eigenvalue weighted by atomic mass is 9.93. The molecule has 22 nitrogen and oxygen atoms in total. The second-order valence-corrected chi connectivity index (χ2v) is 29.6. The SMILES string of the molecule is COc1ccc(CN(Cc2ccc(OC)cc2)S(=O)(=O)c2c(S(=O)(=O)NC[C@@H](CNC(=O)OC(C)(C)C)O[Si](C)(C)C(C)(C)C)ccc(N3CC[C@@H](CNC(=O)O)[C@@H](O)C3)c2-c2nnn(Cc3ccc(OC)cc3)n2)cc1. The number of carbonyl (C=O) groups is 2. The van der Waals surface area contributed by atoms with Crippen molar-refractivity contribution in [1.82, 2.24) is 39.9 Å². The lowest BCUT2D eigenvalue weighted by Crippen LogP contribution is -2.51. The number of amides is 2. The average molecular weight is 1120 g/mol. The van der Waals surface area contributed by atoms with Crippen LogP contribution in [0.4, 0.5) is 15.3 Å². The predicted molar refractivity (Wildman–Crippen MR) is 292 cm³/mol. The maximum absolute atomic E-state index is 16.3. The van der Waals surface area contributed by atoms with E-state index in [0.29, 0.717) is 28.4 Å². The fourth-order valence-electron chi connectivity index (χ4n) is 8.23. The van der Waals surface area contributed by atoms with E-state index in [2.05, 4.69) is 25.7 Å². The Labute approximate surface area is 452 Å². The van der Waals surface area contributed by atoms with Crippen molar-refractivity contribution in [1.29, 1.82) is 0 Å². The van der Waals surface area contributed by atoms with Crippen LogP contribution in [-0.2, 0) is 48.8 Å². The molecular weight excluding hydrogens is 1050 g/mol. The minimum Gasteiger partial charge on any atom is -0.497 e. The van der Waals surface area contributed by atoms with Crippen LogP contribution < -0.4 is 34.5 Å². The van der Waals surface area contributed by atoms with Gasteiger partial charge < -0.3 is 49.1 Å². The van der Waals surface area contributed by atoms with Gasteiger partial charge in [-0.25, -0.2) is 31.1 Å². The van der Waals surface area contributed by atoms with Crippen LogP contribution in [0.15, 0.2) is 94.7 Å². The van der Waals surface area contributed by atoms with Crippen molar-refractivity contribution in [2.75, 3.05) is 59.0 Å². The Kier molecular flexibility index (Phi) is 19.4. The zero-order chi connectivity index (χ0) is 56.5. The van der Waals surface area contributed by atoms with Gasteiger partial charge in [0.05, 0.1) is 45.6 Å². The van der Waals surface area contributed by atoms with Gasteiger partial charge in [0.1, 0.15) is 32.6 Å². The molecule has 420 valence electrons. The number of alkyl carbamates (subject to hydrolysis) is 1. The van der Waals surface area contributed by atoms with Crippen LogP contribution in [0.3, 0.4) is 0 Å². The first kappa shape index (κ1) is 59.9. The first-order valence-electron chi connectivity index (χ1n) is 25.0. The van der Waals surface area contributed by atoms with Gasteiger partial charge in [-0.1, -0.05) is 57.2 Å². The fraction of sp³-hybridized carbons (Fsp3) is 0.481. The highest BCUT2D eigenvalue weighted by Gasteiger charge is 2.42. The van der Waals surface area contributed by atoms with E-state index in [9.17, 15) is 19.8 Å². The van der Waals surface area contributed by atoms with Gasteiger partial charge in [-0.05, 0) is 116 Å². The minimum atomic E-state index is -5.05. The number of anilines is 1. The lowest BCUT2D eigenvalue weighted by Gasteiger charge is -2.39. The van der Waals surface area contributed by atoms with Gasteiger partial charge in [-0.15, -0.1) is 10.2 Å². The molecule has 6 rings (SSSR count). The number of β-amino-alcohol motifs (C(OH)–C–C–N with tert-alkyl or cyclic N) is 1. The van der Waals surface area contributed by atoms with E-state index in [-0.39, 0.29) is 74.3 Å². The summed E-state index contributed by atoms with van der Waals surface area (Å²) < 4.78 is 95.6. The Bertz CT molecular complexity index is 2970. The summed E-state index contributed by atoms with van der Waals surface area (Å²) in [4.78, 5) is 26.1. The number of piperidine rings is 1. The molecule has 77 heavy (non-hydrogen) atoms. The number of hydrogen-bond acceptors (Lipinski definition) is 16. The molecule has 0 saturated carbocycles. The van der Waals surface area contributed by atoms with Gasteiger partial charge in [0.2, 0.25) is 25.9 Å². The number of aromatic nitrogens is 4. The molecule has 0 spiro atoms. The molecule has 1 saturated heterocycles. The van der Waals surface area contributed by atoms with Crippen LogP contribution in [0.25, 0.3) is 11.4 Å². The summed E-state index contributed by atoms with van der Waals surface area (Å²) in [5.41, 5.74) is 0.917. The Morgan fingerprint density at radius 1 is 0.792 bits per heavy atom. The Morgan fingerprint density at radius 3 is 1.83 bits per heavy atom. The molecular formula is C52H73N9O13S2Si. The van der Waals surface area contributed by atoms with E-state index in [4.69, 9.17) is 28.5 Å². The zero-order valence-electron chi connectivity index (χ0n) is 45.6. The topological polar surface area (TPSA) is 275 Å². The second kappa shape index (κ2) is 25.0. The maximum atomic E-state index is 16.3. The number of aliphatic hydroxyl groups excluding tert-OH is 1. The molecule has 5 aromatic rings. The number of ether oxygens (including phenoxy) is 4. The third-order valence-electron chi connectivity index (χ3n) is 13.4. The predicted octanol–water partition coefficient (Wildman–Crippen LogP) is 6.45. The molecule has 2 amide bonds. The van der Waals surface area contributed by atoms with E-state index < -0.39 is 80.6 Å². The standard InChI is InChI=1S/C52H73N9O13S2Si/c1-51(2,3)73-50(65)54-29-42(74-77(10,11)52(4,5)6)30-55-75(66,67)45-25-24-43(59-27-26-38(44(62)34-59)28-53-49(63)64)46(48-56-58-61(57-48)33-37-16-22-41(72-9)23-17-37)47(45)76(68,69)60(31-35-12-18-39(70-7)19-13-35)32-36-14-20-40(71-8)21-15-36/h12-25,38,42,44,53,55,62H,26-34H2,1-11H3,(H,54,65)(H,63,64)/t38-,42+,44-/m0/s1. The molecule has 1 fully saturated rings. The summed E-state index contributed by atoms with van der Waals surface area (Å²) in [6.45, 7) is 14.2. The minimum absolute atomic E-state index is 0.0416. The molecule has 1 aromatic heterocycles. The number of nitrogens with one attached hydrogen (secondary N) is 3. The van der Waals surface area contributed by atoms with Gasteiger partial charge in [0.25, 0.3) is 0 Å². The quantitative estimate of drug-likeness (QED) is 0.0439. The van der Waals surface area contributed by atoms with Gasteiger partial charge in [-0.2, -0.15) is 9.10 Å². The number of aliphatic hydroxyl groups is 1. The maximum Gasteiger partial charge on any atom is 0.407 e. The second-order valence-electron chi connectivity index (χ2n) is 21.2. The molecule has 3 atom stereocenters. The van der Waals surface area contributed by atoms with Gasteiger partial charge >= 0.3 is 12.2 Å². The third-order valence-corrected chi connectivity index (χ3v) is 21.4. The van der Waals surface area contributed by atoms with Crippen LogP contribution >= 0.6 is 0 Å². The number of tetrazole rings is 1. The number of nitrogens with zero attached hydrogens (tertiary/aromatic N) is 6. The zero-order valence-corrected chi connectivity index (χ0v) is 48.2. The van der Waals surface area contributed by atoms with Crippen molar-refractivity contribution >= 4 is 46.2 Å². The first-order valence-corrected chi connectivity index (χ1v) is 30.8. The Hall–Kier alpha value is -6.35. The number of rotatable bonds is 23. The van der Waals surface area contributed by atoms with E-state index in [1.165, 1.54) is 31.1 Å².